The molecule has 1 heterocycles. The van der Waals surface area contributed by atoms with Crippen molar-refractivity contribution in [2.45, 2.75) is 39.3 Å². The number of aromatic nitrogens is 1. The number of carbonyl (C=O) groups excluding carboxylic acids is 1. The van der Waals surface area contributed by atoms with Gasteiger partial charge in [0.05, 0.1) is 5.69 Å². The number of nitrogens with two attached hydrogens (primary N) is 1. The zero-order valence-electron chi connectivity index (χ0n) is 11.4. The van der Waals surface area contributed by atoms with Gasteiger partial charge in [0.15, 0.2) is 6.10 Å². The molecule has 0 aliphatic rings. The molecule has 0 fully saturated rings. The van der Waals surface area contributed by atoms with Crippen molar-refractivity contribution in [2.75, 3.05) is 7.05 Å². The van der Waals surface area contributed by atoms with Crippen LogP contribution in [0.3, 0.4) is 0 Å². The SMILES string of the molecule is CNC(=O)C(C)Oc1ccc(C)nc1CC(C)N. The highest BCUT2D eigenvalue weighted by molar-refractivity contribution is 5.80. The van der Waals surface area contributed by atoms with Crippen LogP contribution in [-0.4, -0.2) is 30.1 Å². The number of aryl methyl sites for hydroxylation is 1. The number of pyridine rings is 1. The lowest BCUT2D eigenvalue weighted by atomic mass is 10.1. The summed E-state index contributed by atoms with van der Waals surface area (Å²) in [6, 6.07) is 3.69. The van der Waals surface area contributed by atoms with Gasteiger partial charge in [0, 0.05) is 25.2 Å². The van der Waals surface area contributed by atoms with Crippen LogP contribution in [0.1, 0.15) is 25.2 Å². The van der Waals surface area contributed by atoms with E-state index in [1.807, 2.05) is 26.0 Å². The quantitative estimate of drug-likeness (QED) is 0.811. The van der Waals surface area contributed by atoms with Crippen LogP contribution in [0.2, 0.25) is 0 Å². The zero-order chi connectivity index (χ0) is 13.7. The minimum atomic E-state index is -0.550. The number of hydrogen-bond donors (Lipinski definition) is 2. The Bertz CT molecular complexity index is 419. The molecule has 1 aromatic heterocycles. The Morgan fingerprint density at radius 2 is 2.17 bits per heavy atom. The lowest BCUT2D eigenvalue weighted by molar-refractivity contribution is -0.126. The van der Waals surface area contributed by atoms with Crippen LogP contribution in [0.25, 0.3) is 0 Å². The highest BCUT2D eigenvalue weighted by Gasteiger charge is 2.16. The van der Waals surface area contributed by atoms with Gasteiger partial charge in [-0.25, -0.2) is 0 Å². The fraction of sp³-hybridized carbons (Fsp3) is 0.538. The van der Waals surface area contributed by atoms with Gasteiger partial charge >= 0.3 is 0 Å². The van der Waals surface area contributed by atoms with E-state index in [0.29, 0.717) is 12.2 Å². The molecule has 2 unspecified atom stereocenters. The molecule has 18 heavy (non-hydrogen) atoms. The average molecular weight is 251 g/mol. The Morgan fingerprint density at radius 1 is 1.50 bits per heavy atom. The summed E-state index contributed by atoms with van der Waals surface area (Å²) >= 11 is 0. The first-order valence-corrected chi connectivity index (χ1v) is 6.04. The first-order valence-electron chi connectivity index (χ1n) is 6.04. The number of amides is 1. The van der Waals surface area contributed by atoms with Crippen LogP contribution in [0.5, 0.6) is 5.75 Å². The molecule has 5 nitrogen and oxygen atoms in total. The summed E-state index contributed by atoms with van der Waals surface area (Å²) in [6.07, 6.45) is 0.0728. The lowest BCUT2D eigenvalue weighted by Gasteiger charge is -2.17. The summed E-state index contributed by atoms with van der Waals surface area (Å²) in [4.78, 5) is 15.9. The molecule has 1 amide bonds. The molecule has 0 spiro atoms. The molecule has 1 aromatic rings. The molecular weight excluding hydrogens is 230 g/mol. The third-order valence-electron chi connectivity index (χ3n) is 2.51. The topological polar surface area (TPSA) is 77.2 Å². The molecule has 3 N–H and O–H groups in total. The Kier molecular flexibility index (Phi) is 5.09. The summed E-state index contributed by atoms with van der Waals surface area (Å²) in [5, 5.41) is 2.55. The second kappa shape index (κ2) is 6.35. The molecule has 0 aliphatic carbocycles. The van der Waals surface area contributed by atoms with Crippen LogP contribution in [0, 0.1) is 6.92 Å². The predicted molar refractivity (Wildman–Crippen MR) is 70.5 cm³/mol. The van der Waals surface area contributed by atoms with Gasteiger partial charge in [-0.15, -0.1) is 0 Å². The molecule has 2 atom stereocenters. The molecule has 5 heteroatoms. The second-order valence-electron chi connectivity index (χ2n) is 4.45. The van der Waals surface area contributed by atoms with Gasteiger partial charge in [0.25, 0.3) is 5.91 Å². The van der Waals surface area contributed by atoms with Crippen LogP contribution in [0.15, 0.2) is 12.1 Å². The van der Waals surface area contributed by atoms with Crippen molar-refractivity contribution in [3.8, 4) is 5.75 Å². The molecule has 0 aromatic carbocycles. The van der Waals surface area contributed by atoms with E-state index in [1.165, 1.54) is 0 Å². The number of carbonyl (C=O) groups is 1. The van der Waals surface area contributed by atoms with E-state index in [2.05, 4.69) is 10.3 Å². The molecule has 0 bridgehead atoms. The molecule has 0 saturated heterocycles. The van der Waals surface area contributed by atoms with E-state index in [0.717, 1.165) is 11.4 Å². The Labute approximate surface area is 108 Å². The fourth-order valence-corrected chi connectivity index (χ4v) is 1.60. The largest absolute Gasteiger partial charge is 0.479 e. The Hall–Kier alpha value is -1.62. The van der Waals surface area contributed by atoms with Crippen molar-refractivity contribution < 1.29 is 9.53 Å². The minimum absolute atomic E-state index is 0.00282. The number of hydrogen-bond acceptors (Lipinski definition) is 4. The highest BCUT2D eigenvalue weighted by atomic mass is 16.5. The summed E-state index contributed by atoms with van der Waals surface area (Å²) < 4.78 is 5.62. The van der Waals surface area contributed by atoms with Crippen molar-refractivity contribution in [1.29, 1.82) is 0 Å². The predicted octanol–water partition coefficient (Wildman–Crippen LogP) is 0.793. The molecule has 0 aliphatic heterocycles. The summed E-state index contributed by atoms with van der Waals surface area (Å²) in [5.74, 6) is 0.455. The molecule has 1 rings (SSSR count). The highest BCUT2D eigenvalue weighted by Crippen LogP contribution is 2.19. The van der Waals surface area contributed by atoms with E-state index in [-0.39, 0.29) is 11.9 Å². The van der Waals surface area contributed by atoms with E-state index >= 15 is 0 Å². The van der Waals surface area contributed by atoms with Crippen molar-refractivity contribution >= 4 is 5.91 Å². The van der Waals surface area contributed by atoms with Gasteiger partial charge in [-0.2, -0.15) is 0 Å². The Morgan fingerprint density at radius 3 is 2.72 bits per heavy atom. The van der Waals surface area contributed by atoms with Crippen LogP contribution in [-0.2, 0) is 11.2 Å². The molecule has 0 saturated carbocycles. The van der Waals surface area contributed by atoms with Gasteiger partial charge in [0.1, 0.15) is 5.75 Å². The number of likely N-dealkylation sites (N-methyl/N-ethyl adjacent to an activating group) is 1. The third kappa shape index (κ3) is 4.00. The zero-order valence-corrected chi connectivity index (χ0v) is 11.4. The maximum atomic E-state index is 11.4. The second-order valence-corrected chi connectivity index (χ2v) is 4.45. The first-order chi connectivity index (χ1) is 8.43. The van der Waals surface area contributed by atoms with Gasteiger partial charge in [-0.05, 0) is 32.9 Å². The number of ether oxygens (including phenoxy) is 1. The van der Waals surface area contributed by atoms with Gasteiger partial charge in [0.2, 0.25) is 0 Å². The van der Waals surface area contributed by atoms with Crippen molar-refractivity contribution in [3.05, 3.63) is 23.5 Å². The minimum Gasteiger partial charge on any atom is -0.479 e. The Balaban J connectivity index is 2.90. The van der Waals surface area contributed by atoms with Gasteiger partial charge in [-0.3, -0.25) is 9.78 Å². The van der Waals surface area contributed by atoms with E-state index < -0.39 is 6.10 Å². The molecular formula is C13H21N3O2. The van der Waals surface area contributed by atoms with Crippen LogP contribution < -0.4 is 15.8 Å². The maximum absolute atomic E-state index is 11.4. The summed E-state index contributed by atoms with van der Waals surface area (Å²) in [5.41, 5.74) is 7.49. The third-order valence-corrected chi connectivity index (χ3v) is 2.51. The molecule has 0 radical (unpaired) electrons. The van der Waals surface area contributed by atoms with Gasteiger partial charge in [-0.1, -0.05) is 0 Å². The normalized spacial score (nSPS) is 13.8. The number of rotatable bonds is 5. The van der Waals surface area contributed by atoms with Crippen LogP contribution in [0.4, 0.5) is 0 Å². The van der Waals surface area contributed by atoms with Crippen molar-refractivity contribution in [2.24, 2.45) is 5.73 Å². The lowest BCUT2D eigenvalue weighted by Crippen LogP contribution is -2.34. The number of nitrogens with one attached hydrogen (secondary N) is 1. The first kappa shape index (κ1) is 14.4. The van der Waals surface area contributed by atoms with E-state index in [1.54, 1.807) is 14.0 Å². The van der Waals surface area contributed by atoms with Gasteiger partial charge < -0.3 is 15.8 Å². The van der Waals surface area contributed by atoms with E-state index in [9.17, 15) is 4.79 Å². The summed E-state index contributed by atoms with van der Waals surface area (Å²) in [6.45, 7) is 5.53. The van der Waals surface area contributed by atoms with Crippen molar-refractivity contribution in [3.63, 3.8) is 0 Å². The standard InChI is InChI=1S/C13H21N3O2/c1-8(14)7-11-12(6-5-9(2)16-11)18-10(3)13(17)15-4/h5-6,8,10H,7,14H2,1-4H3,(H,15,17). The smallest absolute Gasteiger partial charge is 0.260 e. The fourth-order valence-electron chi connectivity index (χ4n) is 1.60. The monoisotopic (exact) mass is 251 g/mol. The average Bonchev–Trinajstić information content (AvgIpc) is 2.30. The molecule has 100 valence electrons. The van der Waals surface area contributed by atoms with Crippen molar-refractivity contribution in [1.82, 2.24) is 10.3 Å². The van der Waals surface area contributed by atoms with E-state index in [4.69, 9.17) is 10.5 Å². The van der Waals surface area contributed by atoms with Crippen LogP contribution >= 0.6 is 0 Å². The number of nitrogens with zero attached hydrogens (tertiary/aromatic N) is 1. The summed E-state index contributed by atoms with van der Waals surface area (Å²) in [7, 11) is 1.58. The maximum Gasteiger partial charge on any atom is 0.260 e.